The molecule has 0 N–H and O–H groups in total. The zero-order valence-electron chi connectivity index (χ0n) is 33.2. The Morgan fingerprint density at radius 3 is 2.15 bits per heavy atom. The fourth-order valence-corrected chi connectivity index (χ4v) is 8.72. The van der Waals surface area contributed by atoms with Crippen molar-refractivity contribution < 1.29 is 4.74 Å². The van der Waals surface area contributed by atoms with E-state index < -0.39 is 0 Å². The summed E-state index contributed by atoms with van der Waals surface area (Å²) < 4.78 is 6.84. The number of nitrogens with zero attached hydrogens (tertiary/aromatic N) is 4. The normalized spacial score (nSPS) is 16.0. The Balaban J connectivity index is 1.13. The predicted molar refractivity (Wildman–Crippen MR) is 245 cm³/mol. The maximum atomic E-state index is 6.84. The highest BCUT2D eigenvalue weighted by Gasteiger charge is 2.33. The quantitative estimate of drug-likeness (QED) is 0.114. The van der Waals surface area contributed by atoms with E-state index in [1.807, 2.05) is 43.3 Å². The molecule has 3 heterocycles. The lowest BCUT2D eigenvalue weighted by Crippen LogP contribution is -2.09. The van der Waals surface area contributed by atoms with Crippen molar-refractivity contribution in [1.29, 1.82) is 0 Å². The number of rotatable bonds is 8. The molecule has 0 fully saturated rings. The van der Waals surface area contributed by atoms with Crippen LogP contribution in [0.4, 0.5) is 0 Å². The minimum Gasteiger partial charge on any atom is -0.484 e. The van der Waals surface area contributed by atoms with Crippen LogP contribution < -0.4 is 4.74 Å². The molecule has 1 aliphatic heterocycles. The van der Waals surface area contributed by atoms with Gasteiger partial charge < -0.3 is 4.74 Å². The van der Waals surface area contributed by atoms with Gasteiger partial charge in [-0.3, -0.25) is 0 Å². The number of allylic oxidation sites excluding steroid dienone is 5. The fourth-order valence-electron chi connectivity index (χ4n) is 8.72. The van der Waals surface area contributed by atoms with Crippen LogP contribution in [0.5, 0.6) is 5.75 Å². The molecule has 5 heteroatoms. The van der Waals surface area contributed by atoms with Gasteiger partial charge in [-0.25, -0.2) is 19.9 Å². The number of hydrogen-bond acceptors (Lipinski definition) is 5. The van der Waals surface area contributed by atoms with Gasteiger partial charge in [0.2, 0.25) is 0 Å². The van der Waals surface area contributed by atoms with Gasteiger partial charge in [-0.15, -0.1) is 0 Å². The van der Waals surface area contributed by atoms with Gasteiger partial charge in [0.05, 0.1) is 11.2 Å². The molecule has 6 aromatic carbocycles. The summed E-state index contributed by atoms with van der Waals surface area (Å²) in [6.07, 6.45) is 16.0. The Bertz CT molecular complexity index is 3080. The van der Waals surface area contributed by atoms with E-state index in [0.717, 1.165) is 80.0 Å². The van der Waals surface area contributed by atoms with E-state index in [-0.39, 0.29) is 12.0 Å². The van der Waals surface area contributed by atoms with E-state index >= 15 is 0 Å². The van der Waals surface area contributed by atoms with Crippen molar-refractivity contribution in [3.05, 3.63) is 187 Å². The number of aromatic nitrogens is 4. The minimum atomic E-state index is -0.187. The molecular formula is C54H42N4O. The second kappa shape index (κ2) is 14.9. The first-order valence-corrected chi connectivity index (χ1v) is 20.3. The smallest absolute Gasteiger partial charge is 0.163 e. The SMILES string of the molecule is C=Cc1c(C)c2ccc(-c3cccc4c5c(c(-c6ccc(-c7nc(-c8ccccc8)nc(C8C=CC=CC8)n7)cc6)nc34)C(=C)C(C/C=C\C)O5)cc2c2ccccc12. The Kier molecular flexibility index (Phi) is 9.14. The molecule has 2 aromatic heterocycles. The molecule has 284 valence electrons. The van der Waals surface area contributed by atoms with Gasteiger partial charge >= 0.3 is 0 Å². The summed E-state index contributed by atoms with van der Waals surface area (Å²) >= 11 is 0. The van der Waals surface area contributed by atoms with E-state index in [0.29, 0.717) is 11.6 Å². The number of hydrogen-bond donors (Lipinski definition) is 0. The largest absolute Gasteiger partial charge is 0.484 e. The van der Waals surface area contributed by atoms with Crippen molar-refractivity contribution >= 4 is 44.1 Å². The van der Waals surface area contributed by atoms with Gasteiger partial charge in [0.25, 0.3) is 0 Å². The van der Waals surface area contributed by atoms with Crippen LogP contribution >= 0.6 is 0 Å². The Hall–Kier alpha value is -7.24. The van der Waals surface area contributed by atoms with Gasteiger partial charge in [-0.1, -0.05) is 159 Å². The number of pyridine rings is 1. The van der Waals surface area contributed by atoms with Crippen LogP contribution in [-0.2, 0) is 0 Å². The van der Waals surface area contributed by atoms with Crippen LogP contribution in [0.3, 0.4) is 0 Å². The summed E-state index contributed by atoms with van der Waals surface area (Å²) in [6, 6.07) is 40.3. The molecule has 2 atom stereocenters. The molecule has 0 saturated carbocycles. The number of benzene rings is 6. The molecule has 0 spiro atoms. The topological polar surface area (TPSA) is 60.8 Å². The number of ether oxygens (including phenoxy) is 1. The molecule has 0 saturated heterocycles. The Morgan fingerprint density at radius 2 is 1.41 bits per heavy atom. The van der Waals surface area contributed by atoms with Crippen molar-refractivity contribution in [2.45, 2.75) is 38.7 Å². The van der Waals surface area contributed by atoms with Crippen LogP contribution in [0, 0.1) is 6.92 Å². The zero-order valence-corrected chi connectivity index (χ0v) is 33.2. The summed E-state index contributed by atoms with van der Waals surface area (Å²) in [5.74, 6) is 2.98. The third kappa shape index (κ3) is 6.27. The van der Waals surface area contributed by atoms with E-state index in [9.17, 15) is 0 Å². The highest BCUT2D eigenvalue weighted by Crippen LogP contribution is 2.49. The van der Waals surface area contributed by atoms with Crippen LogP contribution in [0.25, 0.3) is 89.3 Å². The molecule has 0 radical (unpaired) electrons. The number of para-hydroxylation sites is 1. The van der Waals surface area contributed by atoms with Crippen molar-refractivity contribution in [3.8, 4) is 50.9 Å². The van der Waals surface area contributed by atoms with Crippen LogP contribution in [0.2, 0.25) is 0 Å². The fraction of sp³-hybridized carbons (Fsp3) is 0.111. The van der Waals surface area contributed by atoms with Gasteiger partial charge in [-0.05, 0) is 76.2 Å². The lowest BCUT2D eigenvalue weighted by molar-refractivity contribution is 0.283. The molecule has 2 unspecified atom stereocenters. The van der Waals surface area contributed by atoms with Gasteiger partial charge in [0.1, 0.15) is 17.7 Å². The highest BCUT2D eigenvalue weighted by molar-refractivity contribution is 6.14. The maximum absolute atomic E-state index is 6.84. The second-order valence-electron chi connectivity index (χ2n) is 15.3. The molecule has 8 aromatic rings. The van der Waals surface area contributed by atoms with E-state index in [1.54, 1.807) is 0 Å². The Labute approximate surface area is 344 Å². The predicted octanol–water partition coefficient (Wildman–Crippen LogP) is 13.7. The standard InChI is InChI=1S/C54H42N4O/c1-5-7-25-47-34(4)48-49(35-26-28-38(29-27-35)54-57-52(36-17-10-8-11-18-36)56-53(58-54)37-19-12-9-13-20-37)55-50-42(23-16-24-45(50)51(48)59-47)39-30-31-41-33(3)40(6-2)43-21-14-15-22-44(43)46(41)32-39/h5-19,21-24,26-32,37,47H,2,4,20,25H2,1,3H3/b7-5-. The first-order chi connectivity index (χ1) is 29.0. The number of fused-ring (bicyclic) bond motifs is 6. The highest BCUT2D eigenvalue weighted by atomic mass is 16.5. The van der Waals surface area contributed by atoms with Crippen molar-refractivity contribution in [1.82, 2.24) is 19.9 Å². The molecule has 0 amide bonds. The first kappa shape index (κ1) is 36.1. The van der Waals surface area contributed by atoms with E-state index in [2.05, 4.69) is 141 Å². The van der Waals surface area contributed by atoms with Gasteiger partial charge in [0.15, 0.2) is 11.6 Å². The summed E-state index contributed by atoms with van der Waals surface area (Å²) in [5.41, 5.74) is 11.0. The third-order valence-corrected chi connectivity index (χ3v) is 11.8. The van der Waals surface area contributed by atoms with Crippen LogP contribution in [0.1, 0.15) is 48.2 Å². The number of aryl methyl sites for hydroxylation is 1. The van der Waals surface area contributed by atoms with Crippen molar-refractivity contribution in [2.24, 2.45) is 0 Å². The Morgan fingerprint density at radius 1 is 0.695 bits per heavy atom. The molecule has 0 bridgehead atoms. The maximum Gasteiger partial charge on any atom is 0.163 e. The summed E-state index contributed by atoms with van der Waals surface area (Å²) in [6.45, 7) is 13.0. The summed E-state index contributed by atoms with van der Waals surface area (Å²) in [4.78, 5) is 20.5. The molecule has 2 aliphatic rings. The van der Waals surface area contributed by atoms with E-state index in [4.69, 9.17) is 24.7 Å². The lowest BCUT2D eigenvalue weighted by atomic mass is 9.89. The third-order valence-electron chi connectivity index (χ3n) is 11.8. The molecule has 59 heavy (non-hydrogen) atoms. The molecule has 5 nitrogen and oxygen atoms in total. The average molecular weight is 763 g/mol. The van der Waals surface area contributed by atoms with Gasteiger partial charge in [0, 0.05) is 45.5 Å². The van der Waals surface area contributed by atoms with Crippen molar-refractivity contribution in [2.75, 3.05) is 0 Å². The van der Waals surface area contributed by atoms with Crippen LogP contribution in [0.15, 0.2) is 165 Å². The van der Waals surface area contributed by atoms with Crippen LogP contribution in [-0.4, -0.2) is 26.0 Å². The summed E-state index contributed by atoms with van der Waals surface area (Å²) in [5, 5.41) is 5.81. The minimum absolute atomic E-state index is 0.0820. The molecule has 10 rings (SSSR count). The lowest BCUT2D eigenvalue weighted by Gasteiger charge is -2.16. The second-order valence-corrected chi connectivity index (χ2v) is 15.3. The van der Waals surface area contributed by atoms with E-state index in [1.165, 1.54) is 32.7 Å². The summed E-state index contributed by atoms with van der Waals surface area (Å²) in [7, 11) is 0. The first-order valence-electron chi connectivity index (χ1n) is 20.3. The van der Waals surface area contributed by atoms with Gasteiger partial charge in [-0.2, -0.15) is 0 Å². The molecule has 1 aliphatic carbocycles. The van der Waals surface area contributed by atoms with Crippen molar-refractivity contribution in [3.63, 3.8) is 0 Å². The monoisotopic (exact) mass is 762 g/mol. The zero-order chi connectivity index (χ0) is 40.0. The molecular weight excluding hydrogens is 721 g/mol. The average Bonchev–Trinajstić information content (AvgIpc) is 3.64.